The smallest absolute Gasteiger partial charge is 0.333 e. The standard InChI is InChI=1S/C12H18N4O5/c1-6(2)15-11(10(16(19)20)7(3)14-15)13-9-5-21-4-8(9)12(17)18/h6,8-9,13H,4-5H2,1-3H3,(H,17,18). The first-order chi connectivity index (χ1) is 9.82. The van der Waals surface area contributed by atoms with Crippen LogP contribution in [0.3, 0.4) is 0 Å². The van der Waals surface area contributed by atoms with Crippen molar-refractivity contribution in [3.05, 3.63) is 15.8 Å². The van der Waals surface area contributed by atoms with Gasteiger partial charge in [0.25, 0.3) is 0 Å². The fourth-order valence-corrected chi connectivity index (χ4v) is 2.38. The molecule has 0 spiro atoms. The minimum absolute atomic E-state index is 0.0921. The van der Waals surface area contributed by atoms with Crippen LogP contribution >= 0.6 is 0 Å². The number of ether oxygens (including phenoxy) is 1. The van der Waals surface area contributed by atoms with E-state index in [1.54, 1.807) is 6.92 Å². The number of hydrogen-bond donors (Lipinski definition) is 2. The quantitative estimate of drug-likeness (QED) is 0.619. The lowest BCUT2D eigenvalue weighted by atomic mass is 10.0. The van der Waals surface area contributed by atoms with Gasteiger partial charge >= 0.3 is 11.7 Å². The molecule has 1 aliphatic heterocycles. The zero-order valence-electron chi connectivity index (χ0n) is 12.1. The van der Waals surface area contributed by atoms with Gasteiger partial charge in [-0.15, -0.1) is 0 Å². The lowest BCUT2D eigenvalue weighted by Crippen LogP contribution is -2.34. The molecular weight excluding hydrogens is 280 g/mol. The molecule has 21 heavy (non-hydrogen) atoms. The summed E-state index contributed by atoms with van der Waals surface area (Å²) in [6.07, 6.45) is 0. The van der Waals surface area contributed by atoms with Crippen LogP contribution in [0.1, 0.15) is 25.6 Å². The Balaban J connectivity index is 2.38. The molecule has 116 valence electrons. The Labute approximate surface area is 121 Å². The summed E-state index contributed by atoms with van der Waals surface area (Å²) in [6.45, 7) is 5.54. The normalized spacial score (nSPS) is 21.7. The molecule has 2 unspecified atom stereocenters. The van der Waals surface area contributed by atoms with E-state index in [9.17, 15) is 14.9 Å². The van der Waals surface area contributed by atoms with Crippen molar-refractivity contribution in [3.63, 3.8) is 0 Å². The number of nitro groups is 1. The van der Waals surface area contributed by atoms with Crippen molar-refractivity contribution in [1.82, 2.24) is 9.78 Å². The topological polar surface area (TPSA) is 120 Å². The lowest BCUT2D eigenvalue weighted by molar-refractivity contribution is -0.384. The number of aliphatic carboxylic acids is 1. The number of rotatable bonds is 5. The van der Waals surface area contributed by atoms with Gasteiger partial charge in [-0.1, -0.05) is 0 Å². The number of nitrogens with zero attached hydrogens (tertiary/aromatic N) is 3. The van der Waals surface area contributed by atoms with Gasteiger partial charge in [-0.05, 0) is 20.8 Å². The van der Waals surface area contributed by atoms with Gasteiger partial charge < -0.3 is 15.2 Å². The summed E-state index contributed by atoms with van der Waals surface area (Å²) in [5.74, 6) is -1.49. The number of carboxylic acids is 1. The molecule has 2 rings (SSSR count). The zero-order chi connectivity index (χ0) is 15.7. The van der Waals surface area contributed by atoms with Crippen molar-refractivity contribution < 1.29 is 19.6 Å². The highest BCUT2D eigenvalue weighted by Gasteiger charge is 2.37. The predicted molar refractivity (Wildman–Crippen MR) is 73.4 cm³/mol. The largest absolute Gasteiger partial charge is 0.481 e. The molecule has 2 N–H and O–H groups in total. The van der Waals surface area contributed by atoms with Crippen molar-refractivity contribution in [2.75, 3.05) is 18.5 Å². The molecule has 0 bridgehead atoms. The monoisotopic (exact) mass is 298 g/mol. The van der Waals surface area contributed by atoms with E-state index >= 15 is 0 Å². The Morgan fingerprint density at radius 1 is 1.57 bits per heavy atom. The highest BCUT2D eigenvalue weighted by molar-refractivity contribution is 5.73. The summed E-state index contributed by atoms with van der Waals surface area (Å²) < 4.78 is 6.67. The second kappa shape index (κ2) is 5.68. The van der Waals surface area contributed by atoms with Gasteiger partial charge in [0.1, 0.15) is 11.6 Å². The molecule has 1 aromatic heterocycles. The molecule has 0 aromatic carbocycles. The summed E-state index contributed by atoms with van der Waals surface area (Å²) in [6, 6.07) is -0.611. The summed E-state index contributed by atoms with van der Waals surface area (Å²) >= 11 is 0. The molecule has 0 aliphatic carbocycles. The molecule has 0 radical (unpaired) electrons. The minimum Gasteiger partial charge on any atom is -0.481 e. The van der Waals surface area contributed by atoms with Gasteiger partial charge in [-0.3, -0.25) is 14.9 Å². The predicted octanol–water partition coefficient (Wildman–Crippen LogP) is 1.19. The van der Waals surface area contributed by atoms with Crippen LogP contribution in [-0.4, -0.2) is 45.0 Å². The van der Waals surface area contributed by atoms with E-state index in [-0.39, 0.29) is 30.8 Å². The summed E-state index contributed by atoms with van der Waals surface area (Å²) in [5, 5.41) is 27.5. The lowest BCUT2D eigenvalue weighted by Gasteiger charge is -2.18. The maximum Gasteiger partial charge on any atom is 0.333 e. The Kier molecular flexibility index (Phi) is 4.12. The minimum atomic E-state index is -0.986. The van der Waals surface area contributed by atoms with Crippen LogP contribution < -0.4 is 5.32 Å². The van der Waals surface area contributed by atoms with Gasteiger partial charge in [0.15, 0.2) is 0 Å². The van der Waals surface area contributed by atoms with Crippen LogP contribution in [0.25, 0.3) is 0 Å². The van der Waals surface area contributed by atoms with E-state index in [0.29, 0.717) is 5.69 Å². The Bertz CT molecular complexity index is 568. The average Bonchev–Trinajstić information content (AvgIpc) is 2.94. The molecule has 1 aliphatic rings. The third-order valence-electron chi connectivity index (χ3n) is 3.45. The molecular formula is C12H18N4O5. The molecule has 1 saturated heterocycles. The Morgan fingerprint density at radius 3 is 2.76 bits per heavy atom. The fourth-order valence-electron chi connectivity index (χ4n) is 2.38. The molecule has 1 fully saturated rings. The molecule has 2 heterocycles. The first-order valence-corrected chi connectivity index (χ1v) is 6.63. The maximum absolute atomic E-state index is 11.2. The summed E-state index contributed by atoms with van der Waals surface area (Å²) in [4.78, 5) is 21.9. The number of carboxylic acid groups (broad SMARTS) is 1. The Morgan fingerprint density at radius 2 is 2.24 bits per heavy atom. The van der Waals surface area contributed by atoms with E-state index in [1.807, 2.05) is 13.8 Å². The highest BCUT2D eigenvalue weighted by Crippen LogP contribution is 2.32. The molecule has 2 atom stereocenters. The van der Waals surface area contributed by atoms with E-state index < -0.39 is 22.9 Å². The number of aryl methyl sites for hydroxylation is 1. The van der Waals surface area contributed by atoms with E-state index in [2.05, 4.69) is 10.4 Å². The zero-order valence-corrected chi connectivity index (χ0v) is 12.1. The summed E-state index contributed by atoms with van der Waals surface area (Å²) in [7, 11) is 0. The second-order valence-corrected chi connectivity index (χ2v) is 5.31. The van der Waals surface area contributed by atoms with Crippen LogP contribution in [0, 0.1) is 23.0 Å². The van der Waals surface area contributed by atoms with Gasteiger partial charge in [0.2, 0.25) is 5.82 Å². The molecule has 0 saturated carbocycles. The van der Waals surface area contributed by atoms with Gasteiger partial charge in [-0.25, -0.2) is 4.68 Å². The second-order valence-electron chi connectivity index (χ2n) is 5.31. The van der Waals surface area contributed by atoms with E-state index in [4.69, 9.17) is 9.84 Å². The molecule has 1 aromatic rings. The number of aromatic nitrogens is 2. The van der Waals surface area contributed by atoms with Crippen LogP contribution in [0.4, 0.5) is 11.5 Å². The van der Waals surface area contributed by atoms with Crippen molar-refractivity contribution >= 4 is 17.5 Å². The van der Waals surface area contributed by atoms with Gasteiger partial charge in [0, 0.05) is 6.04 Å². The number of anilines is 1. The van der Waals surface area contributed by atoms with Crippen molar-refractivity contribution in [1.29, 1.82) is 0 Å². The third kappa shape index (κ3) is 2.82. The van der Waals surface area contributed by atoms with Crippen LogP contribution in [0.5, 0.6) is 0 Å². The molecule has 9 nitrogen and oxygen atoms in total. The summed E-state index contributed by atoms with van der Waals surface area (Å²) in [5.41, 5.74) is 0.168. The van der Waals surface area contributed by atoms with Gasteiger partial charge in [-0.2, -0.15) is 5.10 Å². The first kappa shape index (κ1) is 15.2. The van der Waals surface area contributed by atoms with Crippen molar-refractivity contribution in [2.24, 2.45) is 5.92 Å². The average molecular weight is 298 g/mol. The van der Waals surface area contributed by atoms with E-state index in [0.717, 1.165) is 0 Å². The van der Waals surface area contributed by atoms with E-state index in [1.165, 1.54) is 4.68 Å². The first-order valence-electron chi connectivity index (χ1n) is 6.63. The number of carbonyl (C=O) groups is 1. The van der Waals surface area contributed by atoms with Crippen molar-refractivity contribution in [2.45, 2.75) is 32.9 Å². The Hall–Kier alpha value is -2.16. The SMILES string of the molecule is Cc1nn(C(C)C)c(NC2COCC2C(=O)O)c1[N+](=O)[O-]. The molecule has 9 heteroatoms. The third-order valence-corrected chi connectivity index (χ3v) is 3.45. The van der Waals surface area contributed by atoms with Crippen LogP contribution in [0.2, 0.25) is 0 Å². The number of hydrogen-bond acceptors (Lipinski definition) is 6. The number of nitrogens with one attached hydrogen (secondary N) is 1. The fraction of sp³-hybridized carbons (Fsp3) is 0.667. The van der Waals surface area contributed by atoms with Crippen LogP contribution in [-0.2, 0) is 9.53 Å². The van der Waals surface area contributed by atoms with Gasteiger partial charge in [0.05, 0.1) is 24.2 Å². The van der Waals surface area contributed by atoms with Crippen molar-refractivity contribution in [3.8, 4) is 0 Å². The maximum atomic E-state index is 11.2. The highest BCUT2D eigenvalue weighted by atomic mass is 16.6. The molecule has 0 amide bonds. The van der Waals surface area contributed by atoms with Crippen LogP contribution in [0.15, 0.2) is 0 Å².